The number of aromatic nitrogens is 1. The Bertz CT molecular complexity index is 437. The zero-order valence-electron chi connectivity index (χ0n) is 12.8. The van der Waals surface area contributed by atoms with Crippen molar-refractivity contribution in [1.82, 2.24) is 10.3 Å². The van der Waals surface area contributed by atoms with Crippen molar-refractivity contribution >= 4 is 16.5 Å². The molecular formula is C16H27N3S. The Balaban J connectivity index is 1.63. The lowest BCUT2D eigenvalue weighted by Gasteiger charge is -2.33. The smallest absolute Gasteiger partial charge is 0.186 e. The molecule has 1 aliphatic heterocycles. The third kappa shape index (κ3) is 3.17. The number of anilines is 1. The fourth-order valence-corrected chi connectivity index (χ4v) is 4.59. The highest BCUT2D eigenvalue weighted by atomic mass is 32.1. The quantitative estimate of drug-likeness (QED) is 0.913. The van der Waals surface area contributed by atoms with Crippen LogP contribution in [-0.4, -0.2) is 23.6 Å². The van der Waals surface area contributed by atoms with Gasteiger partial charge in [-0.2, -0.15) is 0 Å². The SMILES string of the molecule is Cc1nc(N2CCCCC2C)sc1CNC1CCCC1. The van der Waals surface area contributed by atoms with Crippen molar-refractivity contribution in [3.8, 4) is 0 Å². The van der Waals surface area contributed by atoms with Gasteiger partial charge < -0.3 is 10.2 Å². The Morgan fingerprint density at radius 2 is 1.95 bits per heavy atom. The third-order valence-corrected chi connectivity index (χ3v) is 6.03. The van der Waals surface area contributed by atoms with Crippen molar-refractivity contribution in [2.24, 2.45) is 0 Å². The maximum Gasteiger partial charge on any atom is 0.186 e. The monoisotopic (exact) mass is 293 g/mol. The van der Waals surface area contributed by atoms with E-state index in [1.807, 2.05) is 11.3 Å². The lowest BCUT2D eigenvalue weighted by Crippen LogP contribution is -2.37. The maximum absolute atomic E-state index is 4.83. The van der Waals surface area contributed by atoms with Gasteiger partial charge in [-0.1, -0.05) is 12.8 Å². The van der Waals surface area contributed by atoms with Gasteiger partial charge in [0.15, 0.2) is 5.13 Å². The average molecular weight is 293 g/mol. The third-order valence-electron chi connectivity index (χ3n) is 4.84. The Morgan fingerprint density at radius 1 is 1.20 bits per heavy atom. The summed E-state index contributed by atoms with van der Waals surface area (Å²) in [5.74, 6) is 0. The number of hydrogen-bond acceptors (Lipinski definition) is 4. The number of aryl methyl sites for hydroxylation is 1. The molecule has 2 fully saturated rings. The van der Waals surface area contributed by atoms with Crippen LogP contribution in [0.3, 0.4) is 0 Å². The molecule has 4 heteroatoms. The molecule has 112 valence electrons. The lowest BCUT2D eigenvalue weighted by molar-refractivity contribution is 0.484. The summed E-state index contributed by atoms with van der Waals surface area (Å²) in [6.45, 7) is 6.70. The summed E-state index contributed by atoms with van der Waals surface area (Å²) in [5.41, 5.74) is 1.23. The zero-order valence-corrected chi connectivity index (χ0v) is 13.6. The minimum atomic E-state index is 0.657. The fraction of sp³-hybridized carbons (Fsp3) is 0.812. The van der Waals surface area contributed by atoms with Gasteiger partial charge in [-0.25, -0.2) is 4.98 Å². The van der Waals surface area contributed by atoms with Crippen LogP contribution in [0.2, 0.25) is 0 Å². The second-order valence-corrected chi connectivity index (χ2v) is 7.47. The average Bonchev–Trinajstić information content (AvgIpc) is 3.07. The van der Waals surface area contributed by atoms with Crippen LogP contribution in [0.1, 0.15) is 62.4 Å². The van der Waals surface area contributed by atoms with Gasteiger partial charge in [0.1, 0.15) is 0 Å². The second-order valence-electron chi connectivity index (χ2n) is 6.41. The fourth-order valence-electron chi connectivity index (χ4n) is 3.45. The highest BCUT2D eigenvalue weighted by Crippen LogP contribution is 2.31. The van der Waals surface area contributed by atoms with E-state index in [0.717, 1.165) is 12.6 Å². The van der Waals surface area contributed by atoms with Crippen molar-refractivity contribution < 1.29 is 0 Å². The molecule has 1 aromatic rings. The van der Waals surface area contributed by atoms with Crippen molar-refractivity contribution in [3.63, 3.8) is 0 Å². The van der Waals surface area contributed by atoms with Crippen LogP contribution in [0.25, 0.3) is 0 Å². The number of piperidine rings is 1. The molecule has 3 rings (SSSR count). The first-order valence-corrected chi connectivity index (χ1v) is 9.02. The van der Waals surface area contributed by atoms with Gasteiger partial charge in [-0.05, 0) is 46.0 Å². The van der Waals surface area contributed by atoms with Crippen molar-refractivity contribution in [2.75, 3.05) is 11.4 Å². The summed E-state index contributed by atoms with van der Waals surface area (Å²) in [7, 11) is 0. The first kappa shape index (κ1) is 14.3. The summed E-state index contributed by atoms with van der Waals surface area (Å²) in [5, 5.41) is 4.97. The molecule has 1 N–H and O–H groups in total. The molecule has 1 saturated carbocycles. The van der Waals surface area contributed by atoms with Crippen LogP contribution in [0.4, 0.5) is 5.13 Å². The minimum absolute atomic E-state index is 0.657. The molecule has 2 aliphatic rings. The molecular weight excluding hydrogens is 266 g/mol. The standard InChI is InChI=1S/C16H27N3S/c1-12-7-5-6-10-19(12)16-18-13(2)15(20-16)11-17-14-8-3-4-9-14/h12,14,17H,3-11H2,1-2H3. The van der Waals surface area contributed by atoms with Crippen molar-refractivity contribution in [3.05, 3.63) is 10.6 Å². The van der Waals surface area contributed by atoms with Gasteiger partial charge in [0, 0.05) is 30.1 Å². The van der Waals surface area contributed by atoms with Gasteiger partial charge in [-0.15, -0.1) is 11.3 Å². The molecule has 1 unspecified atom stereocenters. The molecule has 1 saturated heterocycles. The zero-order chi connectivity index (χ0) is 13.9. The van der Waals surface area contributed by atoms with Crippen LogP contribution in [0.5, 0.6) is 0 Å². The predicted molar refractivity (Wildman–Crippen MR) is 86.6 cm³/mol. The van der Waals surface area contributed by atoms with Gasteiger partial charge in [-0.3, -0.25) is 0 Å². The van der Waals surface area contributed by atoms with Crippen LogP contribution in [0, 0.1) is 6.92 Å². The predicted octanol–water partition coefficient (Wildman–Crippen LogP) is 3.86. The van der Waals surface area contributed by atoms with Crippen LogP contribution < -0.4 is 10.2 Å². The lowest BCUT2D eigenvalue weighted by atomic mass is 10.1. The topological polar surface area (TPSA) is 28.2 Å². The van der Waals surface area contributed by atoms with Crippen LogP contribution >= 0.6 is 11.3 Å². The van der Waals surface area contributed by atoms with Gasteiger partial charge in [0.2, 0.25) is 0 Å². The summed E-state index contributed by atoms with van der Waals surface area (Å²) in [6, 6.07) is 1.40. The Morgan fingerprint density at radius 3 is 2.70 bits per heavy atom. The maximum atomic E-state index is 4.83. The number of nitrogens with one attached hydrogen (secondary N) is 1. The van der Waals surface area contributed by atoms with E-state index < -0.39 is 0 Å². The summed E-state index contributed by atoms with van der Waals surface area (Å²) >= 11 is 1.91. The van der Waals surface area contributed by atoms with E-state index in [1.165, 1.54) is 67.2 Å². The number of nitrogens with zero attached hydrogens (tertiary/aromatic N) is 2. The van der Waals surface area contributed by atoms with Gasteiger partial charge >= 0.3 is 0 Å². The normalized spacial score (nSPS) is 24.5. The Kier molecular flexibility index (Phi) is 4.61. The van der Waals surface area contributed by atoms with Crippen LogP contribution in [-0.2, 0) is 6.54 Å². The van der Waals surface area contributed by atoms with Gasteiger partial charge in [0.05, 0.1) is 5.69 Å². The Hall–Kier alpha value is -0.610. The number of hydrogen-bond donors (Lipinski definition) is 1. The van der Waals surface area contributed by atoms with Crippen molar-refractivity contribution in [2.45, 2.75) is 77.4 Å². The molecule has 0 spiro atoms. The first-order valence-electron chi connectivity index (χ1n) is 8.20. The van der Waals surface area contributed by atoms with E-state index in [-0.39, 0.29) is 0 Å². The van der Waals surface area contributed by atoms with E-state index >= 15 is 0 Å². The summed E-state index contributed by atoms with van der Waals surface area (Å²) < 4.78 is 0. The molecule has 0 bridgehead atoms. The minimum Gasteiger partial charge on any atom is -0.345 e. The van der Waals surface area contributed by atoms with E-state index in [4.69, 9.17) is 4.98 Å². The summed E-state index contributed by atoms with van der Waals surface area (Å²) in [6.07, 6.45) is 9.51. The molecule has 1 atom stereocenters. The highest BCUT2D eigenvalue weighted by Gasteiger charge is 2.22. The van der Waals surface area contributed by atoms with E-state index in [9.17, 15) is 0 Å². The molecule has 20 heavy (non-hydrogen) atoms. The van der Waals surface area contributed by atoms with Gasteiger partial charge in [0.25, 0.3) is 0 Å². The molecule has 3 nitrogen and oxygen atoms in total. The van der Waals surface area contributed by atoms with E-state index in [2.05, 4.69) is 24.1 Å². The van der Waals surface area contributed by atoms with E-state index in [0.29, 0.717) is 6.04 Å². The first-order chi connectivity index (χ1) is 9.74. The van der Waals surface area contributed by atoms with Crippen molar-refractivity contribution in [1.29, 1.82) is 0 Å². The molecule has 1 aliphatic carbocycles. The van der Waals surface area contributed by atoms with E-state index in [1.54, 1.807) is 0 Å². The molecule has 0 radical (unpaired) electrons. The summed E-state index contributed by atoms with van der Waals surface area (Å²) in [4.78, 5) is 8.78. The second kappa shape index (κ2) is 6.44. The highest BCUT2D eigenvalue weighted by molar-refractivity contribution is 7.15. The van der Waals surface area contributed by atoms with Crippen LogP contribution in [0.15, 0.2) is 0 Å². The largest absolute Gasteiger partial charge is 0.345 e. The number of rotatable bonds is 4. The number of thiazole rings is 1. The molecule has 2 heterocycles. The Labute approximate surface area is 126 Å². The molecule has 1 aromatic heterocycles. The molecule has 0 amide bonds. The molecule has 0 aromatic carbocycles.